The topological polar surface area (TPSA) is 70.3 Å². The van der Waals surface area contributed by atoms with Gasteiger partial charge in [0.25, 0.3) is 0 Å². The highest BCUT2D eigenvalue weighted by molar-refractivity contribution is 5.62. The summed E-state index contributed by atoms with van der Waals surface area (Å²) in [7, 11) is 3.22. The van der Waals surface area contributed by atoms with E-state index in [0.717, 1.165) is 11.3 Å². The molecule has 0 spiro atoms. The number of aromatic nitrogens is 2. The Morgan fingerprint density at radius 2 is 1.80 bits per heavy atom. The lowest BCUT2D eigenvalue weighted by atomic mass is 10.1. The van der Waals surface area contributed by atoms with Crippen LogP contribution in [0.3, 0.4) is 0 Å². The molecule has 1 aliphatic rings. The van der Waals surface area contributed by atoms with Crippen LogP contribution in [-0.2, 0) is 0 Å². The summed E-state index contributed by atoms with van der Waals surface area (Å²) in [6, 6.07) is 7.48. The van der Waals surface area contributed by atoms with E-state index in [2.05, 4.69) is 9.97 Å². The number of anilines is 1. The number of rotatable bonds is 4. The van der Waals surface area contributed by atoms with E-state index in [1.165, 1.54) is 12.8 Å². The molecule has 0 aliphatic heterocycles. The summed E-state index contributed by atoms with van der Waals surface area (Å²) >= 11 is 0. The maximum Gasteiger partial charge on any atom is 0.161 e. The Balaban J connectivity index is 2.03. The quantitative estimate of drug-likeness (QED) is 0.925. The highest BCUT2D eigenvalue weighted by Gasteiger charge is 2.26. The summed E-state index contributed by atoms with van der Waals surface area (Å²) in [6.45, 7) is 0. The summed E-state index contributed by atoms with van der Waals surface area (Å²) in [6.07, 6.45) is 2.36. The average molecular weight is 271 g/mol. The standard InChI is InChI=1S/C15H17N3O2/c1-19-12-6-5-10(7-13(12)20-2)15-17-11(9-3-4-9)8-14(16)18-15/h5-9H,3-4H2,1-2H3,(H2,16,17,18). The van der Waals surface area contributed by atoms with Gasteiger partial charge < -0.3 is 15.2 Å². The molecule has 0 saturated heterocycles. The fourth-order valence-corrected chi connectivity index (χ4v) is 2.18. The van der Waals surface area contributed by atoms with Crippen LogP contribution >= 0.6 is 0 Å². The third-order valence-electron chi connectivity index (χ3n) is 3.40. The van der Waals surface area contributed by atoms with E-state index in [-0.39, 0.29) is 0 Å². The van der Waals surface area contributed by atoms with Crippen molar-refractivity contribution in [2.75, 3.05) is 20.0 Å². The van der Waals surface area contributed by atoms with Gasteiger partial charge in [0.05, 0.1) is 14.2 Å². The highest BCUT2D eigenvalue weighted by atomic mass is 16.5. The molecule has 5 heteroatoms. The Kier molecular flexibility index (Phi) is 3.18. The number of hydrogen-bond donors (Lipinski definition) is 1. The van der Waals surface area contributed by atoms with Crippen molar-refractivity contribution in [2.45, 2.75) is 18.8 Å². The third-order valence-corrected chi connectivity index (χ3v) is 3.40. The smallest absolute Gasteiger partial charge is 0.161 e. The van der Waals surface area contributed by atoms with Gasteiger partial charge in [0.15, 0.2) is 17.3 Å². The predicted octanol–water partition coefficient (Wildman–Crippen LogP) is 2.62. The van der Waals surface area contributed by atoms with Crippen LogP contribution in [0.2, 0.25) is 0 Å². The van der Waals surface area contributed by atoms with Gasteiger partial charge in [-0.05, 0) is 31.0 Å². The van der Waals surface area contributed by atoms with Crippen molar-refractivity contribution >= 4 is 5.82 Å². The van der Waals surface area contributed by atoms with Crippen molar-refractivity contribution in [2.24, 2.45) is 0 Å². The minimum absolute atomic E-state index is 0.506. The first kappa shape index (κ1) is 12.7. The molecule has 1 aliphatic carbocycles. The first-order valence-corrected chi connectivity index (χ1v) is 6.58. The van der Waals surface area contributed by atoms with E-state index in [1.54, 1.807) is 14.2 Å². The molecule has 0 amide bonds. The SMILES string of the molecule is COc1ccc(-c2nc(N)cc(C3CC3)n2)cc1OC. The number of benzene rings is 1. The number of nitrogens with zero attached hydrogens (tertiary/aromatic N) is 2. The summed E-state index contributed by atoms with van der Waals surface area (Å²) in [5, 5.41) is 0. The second-order valence-corrected chi connectivity index (χ2v) is 4.89. The number of ether oxygens (including phenoxy) is 2. The second kappa shape index (κ2) is 5.00. The van der Waals surface area contributed by atoms with Crippen molar-refractivity contribution in [3.05, 3.63) is 30.0 Å². The van der Waals surface area contributed by atoms with Crippen LogP contribution < -0.4 is 15.2 Å². The van der Waals surface area contributed by atoms with Gasteiger partial charge in [-0.25, -0.2) is 9.97 Å². The van der Waals surface area contributed by atoms with E-state index in [4.69, 9.17) is 15.2 Å². The van der Waals surface area contributed by atoms with Gasteiger partial charge in [-0.1, -0.05) is 0 Å². The highest BCUT2D eigenvalue weighted by Crippen LogP contribution is 2.40. The van der Waals surface area contributed by atoms with Gasteiger partial charge in [0.2, 0.25) is 0 Å². The lowest BCUT2D eigenvalue weighted by Gasteiger charge is -2.10. The molecular formula is C15H17N3O2. The molecule has 1 aromatic heterocycles. The second-order valence-electron chi connectivity index (χ2n) is 4.89. The maximum atomic E-state index is 5.88. The monoisotopic (exact) mass is 271 g/mol. The molecule has 5 nitrogen and oxygen atoms in total. The van der Waals surface area contributed by atoms with Gasteiger partial charge >= 0.3 is 0 Å². The van der Waals surface area contributed by atoms with Crippen LogP contribution in [-0.4, -0.2) is 24.2 Å². The molecule has 20 heavy (non-hydrogen) atoms. The minimum atomic E-state index is 0.506. The van der Waals surface area contributed by atoms with Crippen molar-refractivity contribution in [3.63, 3.8) is 0 Å². The molecular weight excluding hydrogens is 254 g/mol. The fraction of sp³-hybridized carbons (Fsp3) is 0.333. The molecule has 104 valence electrons. The Labute approximate surface area is 117 Å². The van der Waals surface area contributed by atoms with Crippen LogP contribution in [0.25, 0.3) is 11.4 Å². The third kappa shape index (κ3) is 2.39. The fourth-order valence-electron chi connectivity index (χ4n) is 2.18. The van der Waals surface area contributed by atoms with E-state index in [0.29, 0.717) is 29.1 Å². The lowest BCUT2D eigenvalue weighted by molar-refractivity contribution is 0.355. The van der Waals surface area contributed by atoms with Crippen molar-refractivity contribution < 1.29 is 9.47 Å². The van der Waals surface area contributed by atoms with Crippen LogP contribution in [0.5, 0.6) is 11.5 Å². The molecule has 2 N–H and O–H groups in total. The molecule has 0 radical (unpaired) electrons. The Hall–Kier alpha value is -2.30. The Bertz CT molecular complexity index is 639. The number of nitrogen functional groups attached to an aromatic ring is 1. The molecule has 1 heterocycles. The summed E-state index contributed by atoms with van der Waals surface area (Å²) in [5.41, 5.74) is 7.78. The molecule has 1 fully saturated rings. The largest absolute Gasteiger partial charge is 0.493 e. The summed E-state index contributed by atoms with van der Waals surface area (Å²) in [5.74, 6) is 3.02. The van der Waals surface area contributed by atoms with E-state index >= 15 is 0 Å². The van der Waals surface area contributed by atoms with Gasteiger partial charge in [0.1, 0.15) is 5.82 Å². The summed E-state index contributed by atoms with van der Waals surface area (Å²) < 4.78 is 10.5. The van der Waals surface area contributed by atoms with Gasteiger partial charge in [-0.3, -0.25) is 0 Å². The van der Waals surface area contributed by atoms with Crippen LogP contribution in [0.1, 0.15) is 24.5 Å². The van der Waals surface area contributed by atoms with Gasteiger partial charge in [-0.15, -0.1) is 0 Å². The van der Waals surface area contributed by atoms with Gasteiger partial charge in [0, 0.05) is 23.2 Å². The summed E-state index contributed by atoms with van der Waals surface area (Å²) in [4.78, 5) is 8.92. The average Bonchev–Trinajstić information content (AvgIpc) is 3.30. The minimum Gasteiger partial charge on any atom is -0.493 e. The molecule has 3 rings (SSSR count). The van der Waals surface area contributed by atoms with Crippen molar-refractivity contribution in [1.82, 2.24) is 9.97 Å². The van der Waals surface area contributed by atoms with Crippen molar-refractivity contribution in [1.29, 1.82) is 0 Å². The van der Waals surface area contributed by atoms with Crippen LogP contribution in [0.4, 0.5) is 5.82 Å². The van der Waals surface area contributed by atoms with Crippen LogP contribution in [0, 0.1) is 0 Å². The normalized spacial score (nSPS) is 14.1. The van der Waals surface area contributed by atoms with Crippen molar-refractivity contribution in [3.8, 4) is 22.9 Å². The zero-order chi connectivity index (χ0) is 14.1. The molecule has 0 bridgehead atoms. The first-order chi connectivity index (χ1) is 9.71. The molecule has 0 unspecified atom stereocenters. The van der Waals surface area contributed by atoms with E-state index in [1.807, 2.05) is 24.3 Å². The first-order valence-electron chi connectivity index (χ1n) is 6.58. The number of methoxy groups -OCH3 is 2. The zero-order valence-electron chi connectivity index (χ0n) is 11.6. The molecule has 0 atom stereocenters. The zero-order valence-corrected chi connectivity index (χ0v) is 11.6. The lowest BCUT2D eigenvalue weighted by Crippen LogP contribution is -2.00. The predicted molar refractivity (Wildman–Crippen MR) is 77.0 cm³/mol. The van der Waals surface area contributed by atoms with E-state index in [9.17, 15) is 0 Å². The Morgan fingerprint density at radius 3 is 2.45 bits per heavy atom. The number of nitrogens with two attached hydrogens (primary N) is 1. The molecule has 1 aromatic carbocycles. The van der Waals surface area contributed by atoms with Crippen LogP contribution in [0.15, 0.2) is 24.3 Å². The number of hydrogen-bond acceptors (Lipinski definition) is 5. The maximum absolute atomic E-state index is 5.88. The van der Waals surface area contributed by atoms with E-state index < -0.39 is 0 Å². The van der Waals surface area contributed by atoms with Gasteiger partial charge in [-0.2, -0.15) is 0 Å². The Morgan fingerprint density at radius 1 is 1.05 bits per heavy atom. The molecule has 1 saturated carbocycles. The molecule has 2 aromatic rings.